The van der Waals surface area contributed by atoms with E-state index in [4.69, 9.17) is 10.5 Å². The monoisotopic (exact) mass is 419 g/mol. The Balaban J connectivity index is 0.00000441. The number of rotatable bonds is 8. The van der Waals surface area contributed by atoms with Crippen LogP contribution >= 0.6 is 24.0 Å². The molecule has 0 amide bonds. The third-order valence-electron chi connectivity index (χ3n) is 3.29. The number of nitrogens with zero attached hydrogens (tertiary/aromatic N) is 1. The Kier molecular flexibility index (Phi) is 11.3. The number of guanidine groups is 1. The highest BCUT2D eigenvalue weighted by Crippen LogP contribution is 2.22. The quantitative estimate of drug-likeness (QED) is 0.290. The van der Waals surface area contributed by atoms with Crippen LogP contribution in [0.25, 0.3) is 0 Å². The molecule has 0 aliphatic rings. The molecule has 0 aliphatic carbocycles. The van der Waals surface area contributed by atoms with Gasteiger partial charge in [0.2, 0.25) is 0 Å². The molecule has 4 nitrogen and oxygen atoms in total. The van der Waals surface area contributed by atoms with Gasteiger partial charge in [0.05, 0.1) is 6.10 Å². The Labute approximate surface area is 151 Å². The standard InChI is InChI=1S/C17H29N3O.HI/c1-5-14-9-7-10-15(6-2)16(14)20-17(18)19-11-8-12-21-13(3)4;/h7,9-10,13H,5-6,8,11-12H2,1-4H3,(H3,18,19,20);1H. The lowest BCUT2D eigenvalue weighted by atomic mass is 10.0. The minimum absolute atomic E-state index is 0. The fraction of sp³-hybridized carbons (Fsp3) is 0.588. The van der Waals surface area contributed by atoms with E-state index in [9.17, 15) is 0 Å². The zero-order valence-corrected chi connectivity index (χ0v) is 16.5. The second-order valence-electron chi connectivity index (χ2n) is 5.32. The zero-order valence-electron chi connectivity index (χ0n) is 14.2. The van der Waals surface area contributed by atoms with E-state index in [-0.39, 0.29) is 30.1 Å². The molecule has 5 heteroatoms. The van der Waals surface area contributed by atoms with Crippen molar-refractivity contribution in [2.24, 2.45) is 10.7 Å². The highest BCUT2D eigenvalue weighted by atomic mass is 127. The van der Waals surface area contributed by atoms with Crippen LogP contribution in [0.4, 0.5) is 5.69 Å². The van der Waals surface area contributed by atoms with Crippen molar-refractivity contribution in [3.63, 3.8) is 0 Å². The van der Waals surface area contributed by atoms with Gasteiger partial charge < -0.3 is 15.8 Å². The number of nitrogens with one attached hydrogen (secondary N) is 1. The molecule has 0 spiro atoms. The molecule has 1 rings (SSSR count). The summed E-state index contributed by atoms with van der Waals surface area (Å²) in [5, 5.41) is 3.27. The first kappa shape index (κ1) is 21.2. The number of anilines is 1. The van der Waals surface area contributed by atoms with E-state index in [1.165, 1.54) is 11.1 Å². The Morgan fingerprint density at radius 1 is 1.23 bits per heavy atom. The van der Waals surface area contributed by atoms with E-state index in [0.717, 1.165) is 31.6 Å². The normalized spacial score (nSPS) is 11.4. The molecular weight excluding hydrogens is 389 g/mol. The number of para-hydroxylation sites is 1. The lowest BCUT2D eigenvalue weighted by Gasteiger charge is -2.14. The predicted octanol–water partition coefficient (Wildman–Crippen LogP) is 3.97. The van der Waals surface area contributed by atoms with E-state index in [1.54, 1.807) is 0 Å². The third kappa shape index (κ3) is 7.45. The van der Waals surface area contributed by atoms with Crippen LogP contribution in [0.1, 0.15) is 45.2 Å². The molecule has 0 bridgehead atoms. The molecule has 1 aromatic rings. The van der Waals surface area contributed by atoms with Crippen molar-refractivity contribution in [1.82, 2.24) is 0 Å². The SMILES string of the molecule is CCc1cccc(CC)c1NC(N)=NCCCOC(C)C.I. The Bertz CT molecular complexity index is 439. The fourth-order valence-electron chi connectivity index (χ4n) is 2.15. The maximum absolute atomic E-state index is 5.99. The molecule has 0 unspecified atom stereocenters. The van der Waals surface area contributed by atoms with Crippen molar-refractivity contribution in [1.29, 1.82) is 0 Å². The fourth-order valence-corrected chi connectivity index (χ4v) is 2.15. The third-order valence-corrected chi connectivity index (χ3v) is 3.29. The van der Waals surface area contributed by atoms with Crippen molar-refractivity contribution in [2.45, 2.75) is 53.1 Å². The number of ether oxygens (including phenoxy) is 1. The summed E-state index contributed by atoms with van der Waals surface area (Å²) < 4.78 is 5.48. The topological polar surface area (TPSA) is 59.6 Å². The van der Waals surface area contributed by atoms with Gasteiger partial charge in [-0.15, -0.1) is 24.0 Å². The molecule has 0 atom stereocenters. The van der Waals surface area contributed by atoms with E-state index in [2.05, 4.69) is 42.4 Å². The van der Waals surface area contributed by atoms with Gasteiger partial charge in [0.15, 0.2) is 5.96 Å². The predicted molar refractivity (Wildman–Crippen MR) is 106 cm³/mol. The number of aryl methyl sites for hydroxylation is 2. The van der Waals surface area contributed by atoms with Crippen LogP contribution in [0.5, 0.6) is 0 Å². The first-order valence-electron chi connectivity index (χ1n) is 7.87. The van der Waals surface area contributed by atoms with Gasteiger partial charge in [-0.25, -0.2) is 0 Å². The van der Waals surface area contributed by atoms with Gasteiger partial charge >= 0.3 is 0 Å². The van der Waals surface area contributed by atoms with Crippen molar-refractivity contribution in [3.8, 4) is 0 Å². The van der Waals surface area contributed by atoms with Crippen LogP contribution in [0.3, 0.4) is 0 Å². The highest BCUT2D eigenvalue weighted by Gasteiger charge is 2.06. The number of benzene rings is 1. The second-order valence-corrected chi connectivity index (χ2v) is 5.32. The summed E-state index contributed by atoms with van der Waals surface area (Å²) in [6.45, 7) is 9.77. The van der Waals surface area contributed by atoms with Crippen molar-refractivity contribution < 1.29 is 4.74 Å². The largest absolute Gasteiger partial charge is 0.379 e. The Morgan fingerprint density at radius 2 is 1.82 bits per heavy atom. The lowest BCUT2D eigenvalue weighted by molar-refractivity contribution is 0.0783. The van der Waals surface area contributed by atoms with E-state index in [0.29, 0.717) is 12.5 Å². The summed E-state index contributed by atoms with van der Waals surface area (Å²) in [6.07, 6.45) is 3.11. The van der Waals surface area contributed by atoms with Gasteiger partial charge in [-0.3, -0.25) is 4.99 Å². The van der Waals surface area contributed by atoms with Crippen LogP contribution in [0, 0.1) is 0 Å². The molecule has 0 heterocycles. The Morgan fingerprint density at radius 3 is 2.32 bits per heavy atom. The van der Waals surface area contributed by atoms with Crippen LogP contribution < -0.4 is 11.1 Å². The molecule has 0 aliphatic heterocycles. The van der Waals surface area contributed by atoms with E-state index < -0.39 is 0 Å². The minimum atomic E-state index is 0. The first-order valence-corrected chi connectivity index (χ1v) is 7.87. The summed E-state index contributed by atoms with van der Waals surface area (Å²) in [5.41, 5.74) is 9.65. The molecule has 126 valence electrons. The summed E-state index contributed by atoms with van der Waals surface area (Å²) in [5.74, 6) is 0.482. The second kappa shape index (κ2) is 11.7. The zero-order chi connectivity index (χ0) is 15.7. The molecule has 22 heavy (non-hydrogen) atoms. The molecule has 1 aromatic carbocycles. The number of nitrogens with two attached hydrogens (primary N) is 1. The molecule has 0 radical (unpaired) electrons. The van der Waals surface area contributed by atoms with E-state index in [1.807, 2.05) is 13.8 Å². The number of halogens is 1. The average Bonchev–Trinajstić information content (AvgIpc) is 2.46. The smallest absolute Gasteiger partial charge is 0.193 e. The molecule has 3 N–H and O–H groups in total. The van der Waals surface area contributed by atoms with Crippen molar-refractivity contribution in [2.75, 3.05) is 18.5 Å². The maximum Gasteiger partial charge on any atom is 0.193 e. The molecule has 0 saturated carbocycles. The van der Waals surface area contributed by atoms with Crippen molar-refractivity contribution in [3.05, 3.63) is 29.3 Å². The number of hydrogen-bond donors (Lipinski definition) is 2. The highest BCUT2D eigenvalue weighted by molar-refractivity contribution is 14.0. The average molecular weight is 419 g/mol. The van der Waals surface area contributed by atoms with Crippen LogP contribution in [0.15, 0.2) is 23.2 Å². The first-order chi connectivity index (χ1) is 10.1. The van der Waals surface area contributed by atoms with Gasteiger partial charge in [0, 0.05) is 18.8 Å². The summed E-state index contributed by atoms with van der Waals surface area (Å²) in [4.78, 5) is 4.37. The number of hydrogen-bond acceptors (Lipinski definition) is 2. The van der Waals surface area contributed by atoms with Crippen LogP contribution in [0.2, 0.25) is 0 Å². The lowest BCUT2D eigenvalue weighted by Crippen LogP contribution is -2.24. The van der Waals surface area contributed by atoms with Gasteiger partial charge in [-0.05, 0) is 44.2 Å². The Hall–Kier alpha value is -0.820. The molecular formula is C17H30IN3O. The van der Waals surface area contributed by atoms with Gasteiger partial charge in [-0.1, -0.05) is 32.0 Å². The van der Waals surface area contributed by atoms with Crippen LogP contribution in [-0.4, -0.2) is 25.2 Å². The van der Waals surface area contributed by atoms with Gasteiger partial charge in [0.25, 0.3) is 0 Å². The summed E-state index contributed by atoms with van der Waals surface area (Å²) in [6, 6.07) is 6.36. The minimum Gasteiger partial charge on any atom is -0.379 e. The molecule has 0 aromatic heterocycles. The van der Waals surface area contributed by atoms with Gasteiger partial charge in [0.1, 0.15) is 0 Å². The maximum atomic E-state index is 5.99. The summed E-state index contributed by atoms with van der Waals surface area (Å²) in [7, 11) is 0. The molecule has 0 saturated heterocycles. The van der Waals surface area contributed by atoms with Crippen LogP contribution in [-0.2, 0) is 17.6 Å². The molecule has 0 fully saturated rings. The van der Waals surface area contributed by atoms with Crippen molar-refractivity contribution >= 4 is 35.6 Å². The van der Waals surface area contributed by atoms with E-state index >= 15 is 0 Å². The number of aliphatic imine (C=N–C) groups is 1. The summed E-state index contributed by atoms with van der Waals surface area (Å²) >= 11 is 0. The van der Waals surface area contributed by atoms with Gasteiger partial charge in [-0.2, -0.15) is 0 Å².